The fourth-order valence-corrected chi connectivity index (χ4v) is 6.30. The number of aromatic nitrogens is 4. The molecule has 13 heteroatoms. The number of benzene rings is 2. The molecule has 0 aliphatic carbocycles. The number of hydrogen-bond acceptors (Lipinski definition) is 11. The predicted octanol–water partition coefficient (Wildman–Crippen LogP) is 5.73. The third kappa shape index (κ3) is 6.40. The summed E-state index contributed by atoms with van der Waals surface area (Å²) in [7, 11) is 2.14. The number of anilines is 6. The molecule has 2 aromatic heterocycles. The molecule has 0 amide bonds. The fourth-order valence-electron chi connectivity index (χ4n) is 5.89. The van der Waals surface area contributed by atoms with Gasteiger partial charge in [-0.25, -0.2) is 13.8 Å². The maximum absolute atomic E-state index is 15.4. The van der Waals surface area contributed by atoms with Crippen molar-refractivity contribution >= 4 is 63.6 Å². The maximum Gasteiger partial charge on any atom is 0.229 e. The van der Waals surface area contributed by atoms with Crippen LogP contribution in [0.3, 0.4) is 0 Å². The number of likely N-dealkylation sites (N-methyl/N-ethyl adjacent to an activating group) is 1. The summed E-state index contributed by atoms with van der Waals surface area (Å²) in [6.07, 6.45) is 10.2. The highest BCUT2D eigenvalue weighted by Crippen LogP contribution is 2.35. The summed E-state index contributed by atoms with van der Waals surface area (Å²) >= 11 is 1.43. The van der Waals surface area contributed by atoms with Crippen LogP contribution in [0.4, 0.5) is 43.3 Å². The summed E-state index contributed by atoms with van der Waals surface area (Å²) in [5.74, 6) is -0.586. The SMILES string of the molecule is C=Cc1cnc(Nc2cc(F)c(N3CCC(N4CCN(C)CC4)CC3)c(F)c2)nc1Nc1ccc2nccnc2c1NSC. The number of piperidine rings is 1. The van der Waals surface area contributed by atoms with E-state index < -0.39 is 11.6 Å². The van der Waals surface area contributed by atoms with Crippen molar-refractivity contribution in [2.75, 3.05) is 72.8 Å². The smallest absolute Gasteiger partial charge is 0.229 e. The summed E-state index contributed by atoms with van der Waals surface area (Å²) in [6, 6.07) is 6.80. The molecule has 4 heterocycles. The zero-order valence-electron chi connectivity index (χ0n) is 24.9. The molecule has 0 unspecified atom stereocenters. The third-order valence-electron chi connectivity index (χ3n) is 8.24. The number of halogens is 2. The first-order valence-electron chi connectivity index (χ1n) is 14.7. The van der Waals surface area contributed by atoms with E-state index in [1.165, 1.54) is 24.1 Å². The molecular weight excluding hydrogens is 582 g/mol. The Morgan fingerprint density at radius 2 is 1.68 bits per heavy atom. The van der Waals surface area contributed by atoms with Gasteiger partial charge in [0.25, 0.3) is 0 Å². The zero-order chi connectivity index (χ0) is 30.6. The van der Waals surface area contributed by atoms with E-state index in [-0.39, 0.29) is 17.3 Å². The highest BCUT2D eigenvalue weighted by atomic mass is 32.2. The largest absolute Gasteiger partial charge is 0.367 e. The highest BCUT2D eigenvalue weighted by molar-refractivity contribution is 7.99. The molecule has 230 valence electrons. The van der Waals surface area contributed by atoms with E-state index in [1.807, 2.05) is 23.3 Å². The minimum absolute atomic E-state index is 0.0193. The molecule has 10 nitrogen and oxygen atoms in total. The molecule has 0 radical (unpaired) electrons. The monoisotopic (exact) mass is 618 g/mol. The lowest BCUT2D eigenvalue weighted by Gasteiger charge is -2.42. The molecule has 4 aromatic rings. The van der Waals surface area contributed by atoms with Crippen molar-refractivity contribution < 1.29 is 8.78 Å². The van der Waals surface area contributed by atoms with Crippen LogP contribution in [0.15, 0.2) is 49.4 Å². The number of nitrogens with zero attached hydrogens (tertiary/aromatic N) is 7. The van der Waals surface area contributed by atoms with Crippen LogP contribution < -0.4 is 20.3 Å². The van der Waals surface area contributed by atoms with Gasteiger partial charge in [0.1, 0.15) is 17.0 Å². The van der Waals surface area contributed by atoms with Gasteiger partial charge in [0.05, 0.1) is 16.9 Å². The molecule has 6 rings (SSSR count). The van der Waals surface area contributed by atoms with E-state index in [1.54, 1.807) is 24.7 Å². The van der Waals surface area contributed by atoms with Crippen molar-refractivity contribution in [3.63, 3.8) is 0 Å². The fraction of sp³-hybridized carbons (Fsp3) is 0.355. The van der Waals surface area contributed by atoms with Gasteiger partial charge >= 0.3 is 0 Å². The van der Waals surface area contributed by atoms with Crippen LogP contribution in [0.2, 0.25) is 0 Å². The van der Waals surface area contributed by atoms with Gasteiger partial charge in [0.15, 0.2) is 11.6 Å². The van der Waals surface area contributed by atoms with Crippen LogP contribution in [0, 0.1) is 11.6 Å². The number of fused-ring (bicyclic) bond motifs is 1. The van der Waals surface area contributed by atoms with E-state index in [0.717, 1.165) is 55.9 Å². The average Bonchev–Trinajstić information content (AvgIpc) is 3.03. The van der Waals surface area contributed by atoms with Gasteiger partial charge in [0, 0.05) is 81.4 Å². The molecule has 0 atom stereocenters. The second kappa shape index (κ2) is 13.3. The third-order valence-corrected chi connectivity index (χ3v) is 8.65. The Balaban J connectivity index is 1.18. The molecular formula is C31H36F2N10S. The summed E-state index contributed by atoms with van der Waals surface area (Å²) in [5.41, 5.74) is 3.81. The molecule has 2 aliphatic heterocycles. The van der Waals surface area contributed by atoms with Crippen LogP contribution in [-0.2, 0) is 0 Å². The van der Waals surface area contributed by atoms with Crippen molar-refractivity contribution in [3.8, 4) is 0 Å². The second-order valence-corrected chi connectivity index (χ2v) is 11.6. The van der Waals surface area contributed by atoms with Crippen LogP contribution in [-0.4, -0.2) is 88.3 Å². The van der Waals surface area contributed by atoms with Crippen molar-refractivity contribution in [1.82, 2.24) is 29.7 Å². The van der Waals surface area contributed by atoms with Crippen molar-refractivity contribution in [2.45, 2.75) is 18.9 Å². The Kier molecular flexibility index (Phi) is 9.05. The highest BCUT2D eigenvalue weighted by Gasteiger charge is 2.29. The molecule has 0 spiro atoms. The quantitative estimate of drug-likeness (QED) is 0.201. The van der Waals surface area contributed by atoms with Gasteiger partial charge in [-0.3, -0.25) is 14.9 Å². The van der Waals surface area contributed by atoms with Gasteiger partial charge in [-0.1, -0.05) is 24.6 Å². The van der Waals surface area contributed by atoms with E-state index in [2.05, 4.69) is 58.7 Å². The van der Waals surface area contributed by atoms with E-state index in [9.17, 15) is 0 Å². The van der Waals surface area contributed by atoms with E-state index >= 15 is 8.78 Å². The summed E-state index contributed by atoms with van der Waals surface area (Å²) in [4.78, 5) is 24.5. The summed E-state index contributed by atoms with van der Waals surface area (Å²) in [6.45, 7) is 9.32. The van der Waals surface area contributed by atoms with Crippen LogP contribution in [0.1, 0.15) is 18.4 Å². The Labute approximate surface area is 260 Å². The molecule has 3 N–H and O–H groups in total. The zero-order valence-corrected chi connectivity index (χ0v) is 25.7. The lowest BCUT2D eigenvalue weighted by molar-refractivity contribution is 0.0980. The first-order chi connectivity index (χ1) is 21.4. The standard InChI is InChI=1S/C31H36F2N10S/c1-4-20-19-36-31(39-30(20)38-26-6-5-25-27(28(26)40-44-3)35-10-9-34-25)37-21-17-23(32)29(24(33)18-21)43-11-7-22(8-12-43)42-15-13-41(2)14-16-42/h4-6,9-10,17-19,22,40H,1,7-8,11-16H2,2-3H3,(H2,36,37,38,39). The Morgan fingerprint density at radius 3 is 2.39 bits per heavy atom. The van der Waals surface area contributed by atoms with Crippen LogP contribution >= 0.6 is 11.9 Å². The molecule has 2 saturated heterocycles. The molecule has 0 bridgehead atoms. The van der Waals surface area contributed by atoms with Gasteiger partial charge in [0.2, 0.25) is 5.95 Å². The normalized spacial score (nSPS) is 16.7. The molecule has 2 aliphatic rings. The Morgan fingerprint density at radius 1 is 0.955 bits per heavy atom. The first kappa shape index (κ1) is 30.0. The topological polar surface area (TPSA) is 97.4 Å². The van der Waals surface area contributed by atoms with Gasteiger partial charge < -0.3 is 25.2 Å². The Hall–Kier alpha value is -4.07. The minimum Gasteiger partial charge on any atom is -0.367 e. The molecule has 44 heavy (non-hydrogen) atoms. The van der Waals surface area contributed by atoms with Crippen LogP contribution in [0.25, 0.3) is 17.1 Å². The van der Waals surface area contributed by atoms with Crippen molar-refractivity contribution in [3.05, 3.63) is 66.6 Å². The molecule has 0 saturated carbocycles. The lowest BCUT2D eigenvalue weighted by atomic mass is 10.0. The minimum atomic E-state index is -0.614. The Bertz CT molecular complexity index is 1610. The molecule has 2 aromatic carbocycles. The number of hydrogen-bond donors (Lipinski definition) is 3. The van der Waals surface area contributed by atoms with Crippen LogP contribution in [0.5, 0.6) is 0 Å². The maximum atomic E-state index is 15.4. The van der Waals surface area contributed by atoms with Gasteiger partial charge in [-0.15, -0.1) is 0 Å². The summed E-state index contributed by atoms with van der Waals surface area (Å²) in [5, 5.41) is 6.30. The van der Waals surface area contributed by atoms with Gasteiger partial charge in [-0.2, -0.15) is 4.98 Å². The second-order valence-electron chi connectivity index (χ2n) is 11.0. The van der Waals surface area contributed by atoms with Crippen molar-refractivity contribution in [2.24, 2.45) is 0 Å². The molecule has 2 fully saturated rings. The van der Waals surface area contributed by atoms with Crippen molar-refractivity contribution in [1.29, 1.82) is 0 Å². The number of nitrogens with one attached hydrogen (secondary N) is 3. The summed E-state index contributed by atoms with van der Waals surface area (Å²) < 4.78 is 34.1. The average molecular weight is 619 g/mol. The number of rotatable bonds is 9. The van der Waals surface area contributed by atoms with Gasteiger partial charge in [-0.05, 0) is 44.2 Å². The first-order valence-corrected chi connectivity index (χ1v) is 15.9. The van der Waals surface area contributed by atoms with E-state index in [4.69, 9.17) is 0 Å². The predicted molar refractivity (Wildman–Crippen MR) is 176 cm³/mol. The van der Waals surface area contributed by atoms with E-state index in [0.29, 0.717) is 36.0 Å². The number of piperazine rings is 1. The lowest BCUT2D eigenvalue weighted by Crippen LogP contribution is -2.52.